The summed E-state index contributed by atoms with van der Waals surface area (Å²) in [6.45, 7) is 5.48. The summed E-state index contributed by atoms with van der Waals surface area (Å²) in [5.74, 6) is -1.59. The second-order valence-corrected chi connectivity index (χ2v) is 4.49. The summed E-state index contributed by atoms with van der Waals surface area (Å²) in [7, 11) is 0. The van der Waals surface area contributed by atoms with Crippen molar-refractivity contribution in [1.29, 1.82) is 0 Å². The van der Waals surface area contributed by atoms with Crippen LogP contribution >= 0.6 is 11.3 Å². The van der Waals surface area contributed by atoms with Crippen LogP contribution in [0.15, 0.2) is 10.2 Å². The molecule has 0 bridgehead atoms. The van der Waals surface area contributed by atoms with Gasteiger partial charge in [-0.25, -0.2) is 9.59 Å². The predicted octanol–water partition coefficient (Wildman–Crippen LogP) is -11.4. The Bertz CT molecular complexity index is 504. The molecule has 0 atom stereocenters. The average molecular weight is 624 g/mol. The zero-order chi connectivity index (χ0) is 15.0. The smallest absolute Gasteiger partial charge is 1.00 e. The van der Waals surface area contributed by atoms with Crippen molar-refractivity contribution in [3.05, 3.63) is 5.01 Å². The van der Waals surface area contributed by atoms with E-state index in [-0.39, 0.29) is 117 Å². The fraction of sp³-hybridized carbons (Fsp3) is 0.636. The molecule has 0 aliphatic heterocycles. The van der Waals surface area contributed by atoms with E-state index < -0.39 is 18.0 Å². The normalized spacial score (nSPS) is 7.33. The number of halogens is 3. The van der Waals surface area contributed by atoms with E-state index in [0.29, 0.717) is 0 Å². The Hall–Kier alpha value is -0.191. The molecule has 0 spiro atoms. The number of azo groups is 1. The number of carbonyl (C=O) groups excluding carboxylic acids is 2. The van der Waals surface area contributed by atoms with Crippen LogP contribution in [0.4, 0.5) is 5.13 Å². The van der Waals surface area contributed by atoms with Gasteiger partial charge in [-0.1, -0.05) is 18.3 Å². The fourth-order valence-corrected chi connectivity index (χ4v) is 1.77. The van der Waals surface area contributed by atoms with Crippen molar-refractivity contribution in [2.24, 2.45) is 10.2 Å². The summed E-state index contributed by atoms with van der Waals surface area (Å²) < 4.78 is 9.52. The topological polar surface area (TPSA) is 261 Å². The number of carbonyl (C=O) groups is 2. The van der Waals surface area contributed by atoms with E-state index in [0.717, 1.165) is 11.4 Å². The summed E-state index contributed by atoms with van der Waals surface area (Å²) in [4.78, 5) is 23.3. The van der Waals surface area contributed by atoms with Gasteiger partial charge >= 0.3 is 46.1 Å². The summed E-state index contributed by atoms with van der Waals surface area (Å²) in [5.41, 5.74) is 0. The second-order valence-electron chi connectivity index (χ2n) is 3.45. The molecule has 0 fully saturated rings. The molecule has 13 nitrogen and oxygen atoms in total. The number of rotatable bonds is 7. The van der Waals surface area contributed by atoms with Crippen LogP contribution in [-0.2, 0) is 59.6 Å². The van der Waals surface area contributed by atoms with E-state index in [2.05, 4.69) is 20.4 Å². The van der Waals surface area contributed by atoms with Crippen molar-refractivity contribution in [3.8, 4) is 0 Å². The van der Waals surface area contributed by atoms with Gasteiger partial charge in [-0.15, -0.1) is 15.3 Å². The zero-order valence-electron chi connectivity index (χ0n) is 15.8. The Balaban J connectivity index is -0.0000000500. The minimum atomic E-state index is -1.43. The van der Waals surface area contributed by atoms with Crippen LogP contribution in [0.5, 0.6) is 0 Å². The van der Waals surface area contributed by atoms with Gasteiger partial charge in [0, 0.05) is 0 Å². The number of nitrogens with zero attached hydrogens (tertiary/aromatic N) is 4. The van der Waals surface area contributed by atoms with Crippen molar-refractivity contribution >= 4 is 28.4 Å². The summed E-state index contributed by atoms with van der Waals surface area (Å²) >= 11 is 1.24. The Morgan fingerprint density at radius 3 is 1.57 bits per heavy atom. The first-order valence-electron chi connectivity index (χ1n) is 6.18. The van der Waals surface area contributed by atoms with E-state index in [1.54, 1.807) is 13.8 Å². The molecule has 0 amide bonds. The molecule has 0 aliphatic rings. The van der Waals surface area contributed by atoms with Crippen LogP contribution in [0.3, 0.4) is 0 Å². The van der Waals surface area contributed by atoms with Crippen LogP contribution in [-0.4, -0.2) is 68.8 Å². The first-order valence-corrected chi connectivity index (χ1v) is 7.00. The first-order chi connectivity index (χ1) is 9.62. The Morgan fingerprint density at radius 1 is 0.867 bits per heavy atom. The Kier molecular flexibility index (Phi) is 76.1. The molecule has 19 heteroatoms. The van der Waals surface area contributed by atoms with Crippen molar-refractivity contribution < 1.29 is 118 Å². The van der Waals surface area contributed by atoms with Gasteiger partial charge in [0.15, 0.2) is 0 Å². The minimum Gasteiger partial charge on any atom is -1.00 e. The molecular weight excluding hydrogens is 598 g/mol. The van der Waals surface area contributed by atoms with Gasteiger partial charge in [-0.2, -0.15) is 5.11 Å². The van der Waals surface area contributed by atoms with Crippen LogP contribution in [0.1, 0.15) is 25.8 Å². The molecule has 1 aromatic rings. The van der Waals surface area contributed by atoms with Crippen molar-refractivity contribution in [1.82, 2.24) is 10.2 Å². The van der Waals surface area contributed by atoms with E-state index in [9.17, 15) is 9.59 Å². The third-order valence-corrected chi connectivity index (χ3v) is 2.99. The van der Waals surface area contributed by atoms with Crippen molar-refractivity contribution in [3.63, 3.8) is 0 Å². The predicted molar refractivity (Wildman–Crippen MR) is 88.9 cm³/mol. The molecule has 0 saturated carbocycles. The van der Waals surface area contributed by atoms with Gasteiger partial charge in [-0.3, -0.25) is 0 Å². The van der Waals surface area contributed by atoms with Crippen LogP contribution in [0.2, 0.25) is 0 Å². The van der Waals surface area contributed by atoms with Crippen LogP contribution < -0.4 is 37.2 Å². The SMILES string of the molecule is CCOC(=O)C(N=Nc1nnc(CC)s1)C(=O)OCC.O.O.O.O.O.[Cl-].[Cl-].[Cl-].[Cu+2].[Cu+2]. The number of hydrogen-bond acceptors (Lipinski definition) is 9. The van der Waals surface area contributed by atoms with E-state index in [4.69, 9.17) is 9.47 Å². The quantitative estimate of drug-likeness (QED) is 0.123. The van der Waals surface area contributed by atoms with E-state index in [1.165, 1.54) is 11.3 Å². The van der Waals surface area contributed by atoms with Crippen LogP contribution in [0.25, 0.3) is 0 Å². The second kappa shape index (κ2) is 36.2. The molecule has 0 aliphatic carbocycles. The number of hydrogen-bond donors (Lipinski definition) is 0. The van der Waals surface area contributed by atoms with Gasteiger partial charge in [-0.05, 0) is 20.3 Å². The maximum atomic E-state index is 11.6. The van der Waals surface area contributed by atoms with E-state index in [1.807, 2.05) is 6.92 Å². The Morgan fingerprint density at radius 2 is 1.27 bits per heavy atom. The summed E-state index contributed by atoms with van der Waals surface area (Å²) in [6.07, 6.45) is 0.729. The van der Waals surface area contributed by atoms with Gasteiger partial charge in [0.2, 0.25) is 0 Å². The third-order valence-electron chi connectivity index (χ3n) is 2.04. The standard InChI is InChI=1S/C11H16N4O4S.3ClH.2Cu.5H2O/c1-4-7-12-14-11(20-7)15-13-8(9(16)18-5-2)10(17)19-6-3;;;;;;;;;;/h8H,4-6H2,1-3H3;3*1H;;;5*1H2/q;;;;2*+2;;;;;/p-3. The molecular formula is C11H26Cl3Cu2N4O9S+. The molecule has 0 saturated heterocycles. The molecule has 1 heterocycles. The molecule has 2 radical (unpaired) electrons. The molecule has 0 aromatic carbocycles. The van der Waals surface area contributed by atoms with Gasteiger partial charge in [0.25, 0.3) is 11.2 Å². The van der Waals surface area contributed by atoms with Gasteiger partial charge in [0.05, 0.1) is 13.2 Å². The number of ether oxygens (including phenoxy) is 2. The third kappa shape index (κ3) is 22.5. The fourth-order valence-electron chi connectivity index (χ4n) is 1.17. The maximum absolute atomic E-state index is 11.6. The first kappa shape index (κ1) is 63.0. The molecule has 1 rings (SSSR count). The largest absolute Gasteiger partial charge is 2.00 e. The Labute approximate surface area is 217 Å². The molecule has 10 N–H and O–H groups in total. The number of aryl methyl sites for hydroxylation is 1. The molecule has 1 aromatic heterocycles. The summed E-state index contributed by atoms with van der Waals surface area (Å²) in [6, 6.07) is -1.43. The number of aromatic nitrogens is 2. The molecule has 30 heavy (non-hydrogen) atoms. The van der Waals surface area contributed by atoms with Crippen LogP contribution in [0, 0.1) is 0 Å². The maximum Gasteiger partial charge on any atom is 2.00 e. The van der Waals surface area contributed by atoms with Crippen molar-refractivity contribution in [2.75, 3.05) is 13.2 Å². The monoisotopic (exact) mass is 621 g/mol. The molecule has 192 valence electrons. The average Bonchev–Trinajstić information content (AvgIpc) is 2.87. The summed E-state index contributed by atoms with van der Waals surface area (Å²) in [5, 5.41) is 16.1. The van der Waals surface area contributed by atoms with Crippen molar-refractivity contribution in [2.45, 2.75) is 33.2 Å². The molecule has 0 unspecified atom stereocenters. The minimum absolute atomic E-state index is 0. The van der Waals surface area contributed by atoms with E-state index >= 15 is 0 Å². The van der Waals surface area contributed by atoms with Gasteiger partial charge in [0.1, 0.15) is 5.01 Å². The van der Waals surface area contributed by atoms with Gasteiger partial charge < -0.3 is 74.1 Å². The zero-order valence-corrected chi connectivity index (χ0v) is 20.7. The number of esters is 2.